The van der Waals surface area contributed by atoms with Gasteiger partial charge in [0.05, 0.1) is 6.16 Å². The first kappa shape index (κ1) is 12.8. The Morgan fingerprint density at radius 2 is 1.94 bits per heavy atom. The predicted octanol–water partition coefficient (Wildman–Crippen LogP) is 1.44. The summed E-state index contributed by atoms with van der Waals surface area (Å²) < 4.78 is 10.9. The fourth-order valence-corrected chi connectivity index (χ4v) is 3.14. The Hall–Kier alpha value is -0.670. The largest absolute Gasteiger partial charge is 0.325 e. The predicted molar refractivity (Wildman–Crippen MR) is 66.9 cm³/mol. The van der Waals surface area contributed by atoms with Crippen molar-refractivity contribution < 1.29 is 14.4 Å². The van der Waals surface area contributed by atoms with Crippen molar-refractivity contribution in [3.8, 4) is 0 Å². The average Bonchev–Trinajstić information content (AvgIpc) is 2.26. The van der Waals surface area contributed by atoms with E-state index in [1.807, 2.05) is 18.2 Å². The first-order valence-corrected chi connectivity index (χ1v) is 7.58. The van der Waals surface area contributed by atoms with Crippen LogP contribution in [0.2, 0.25) is 0 Å². The van der Waals surface area contributed by atoms with Crippen LogP contribution in [0.5, 0.6) is 0 Å². The minimum absolute atomic E-state index is 0.119. The zero-order valence-electron chi connectivity index (χ0n) is 9.67. The molecule has 0 fully saturated rings. The van der Waals surface area contributed by atoms with Gasteiger partial charge in [0.2, 0.25) is 0 Å². The molecular formula is C12H18NO3P. The Labute approximate surface area is 101 Å². The highest BCUT2D eigenvalue weighted by molar-refractivity contribution is 7.51. The minimum atomic E-state index is -3.94. The fourth-order valence-electron chi connectivity index (χ4n) is 2.41. The third kappa shape index (κ3) is 3.39. The van der Waals surface area contributed by atoms with Crippen LogP contribution in [0.15, 0.2) is 24.3 Å². The van der Waals surface area contributed by atoms with E-state index in [1.54, 1.807) is 0 Å². The van der Waals surface area contributed by atoms with E-state index >= 15 is 0 Å². The summed E-state index contributed by atoms with van der Waals surface area (Å²) in [6.45, 7) is 0. The highest BCUT2D eigenvalue weighted by Crippen LogP contribution is 2.39. The molecule has 1 aliphatic rings. The zero-order chi connectivity index (χ0) is 12.5. The van der Waals surface area contributed by atoms with Gasteiger partial charge in [-0.25, -0.2) is 0 Å². The molecule has 4 nitrogen and oxygen atoms in total. The molecule has 17 heavy (non-hydrogen) atoms. The van der Waals surface area contributed by atoms with Crippen molar-refractivity contribution in [3.05, 3.63) is 35.4 Å². The molecule has 0 amide bonds. The number of fused-ring (bicyclic) bond motifs is 1. The van der Waals surface area contributed by atoms with Gasteiger partial charge in [-0.2, -0.15) is 0 Å². The standard InChI is InChI=1S/C12H18NO3P/c13-12(7-8-17(14,15)16)6-5-10-3-1-2-4-11(10)9-12/h1-4H,5-9,13H2,(H2,14,15,16). The molecule has 1 aromatic carbocycles. The number of aryl methyl sites for hydroxylation is 1. The van der Waals surface area contributed by atoms with Gasteiger partial charge in [0.1, 0.15) is 0 Å². The number of nitrogens with two attached hydrogens (primary N) is 1. The molecule has 0 saturated carbocycles. The average molecular weight is 255 g/mol. The number of rotatable bonds is 3. The van der Waals surface area contributed by atoms with Crippen LogP contribution in [0.25, 0.3) is 0 Å². The maximum Gasteiger partial charge on any atom is 0.325 e. The lowest BCUT2D eigenvalue weighted by molar-refractivity contribution is 0.332. The van der Waals surface area contributed by atoms with Crippen molar-refractivity contribution in [1.82, 2.24) is 0 Å². The van der Waals surface area contributed by atoms with Crippen LogP contribution in [0.1, 0.15) is 24.0 Å². The Morgan fingerprint density at radius 1 is 1.29 bits per heavy atom. The van der Waals surface area contributed by atoms with Crippen molar-refractivity contribution in [2.45, 2.75) is 31.2 Å². The lowest BCUT2D eigenvalue weighted by atomic mass is 9.77. The van der Waals surface area contributed by atoms with E-state index in [9.17, 15) is 4.57 Å². The third-order valence-electron chi connectivity index (χ3n) is 3.45. The van der Waals surface area contributed by atoms with E-state index < -0.39 is 13.1 Å². The van der Waals surface area contributed by atoms with E-state index in [4.69, 9.17) is 15.5 Å². The van der Waals surface area contributed by atoms with Crippen LogP contribution in [0.4, 0.5) is 0 Å². The summed E-state index contributed by atoms with van der Waals surface area (Å²) in [6.07, 6.45) is 2.66. The van der Waals surface area contributed by atoms with Crippen LogP contribution in [-0.4, -0.2) is 21.5 Å². The fraction of sp³-hybridized carbons (Fsp3) is 0.500. The van der Waals surface area contributed by atoms with E-state index in [0.29, 0.717) is 12.8 Å². The minimum Gasteiger partial charge on any atom is -0.325 e. The first-order chi connectivity index (χ1) is 7.88. The number of hydrogen-bond donors (Lipinski definition) is 3. The third-order valence-corrected chi connectivity index (χ3v) is 4.26. The Bertz CT molecular complexity index is 457. The second-order valence-corrected chi connectivity index (χ2v) is 6.72. The summed E-state index contributed by atoms with van der Waals surface area (Å²) in [5, 5.41) is 0. The van der Waals surface area contributed by atoms with E-state index in [1.165, 1.54) is 11.1 Å². The molecule has 0 heterocycles. The van der Waals surface area contributed by atoms with Gasteiger partial charge in [0.15, 0.2) is 0 Å². The molecule has 94 valence electrons. The van der Waals surface area contributed by atoms with E-state index in [0.717, 1.165) is 12.8 Å². The smallest absolute Gasteiger partial charge is 0.325 e. The van der Waals surface area contributed by atoms with Crippen molar-refractivity contribution in [2.75, 3.05) is 6.16 Å². The summed E-state index contributed by atoms with van der Waals surface area (Å²) in [5.41, 5.74) is 8.30. The second kappa shape index (κ2) is 4.54. The number of hydrogen-bond acceptors (Lipinski definition) is 2. The normalized spacial score (nSPS) is 24.4. The quantitative estimate of drug-likeness (QED) is 0.714. The summed E-state index contributed by atoms with van der Waals surface area (Å²) in [6, 6.07) is 8.14. The summed E-state index contributed by atoms with van der Waals surface area (Å²) >= 11 is 0. The van der Waals surface area contributed by atoms with Crippen LogP contribution in [0, 0.1) is 0 Å². The molecule has 0 aromatic heterocycles. The maximum atomic E-state index is 10.9. The molecule has 1 unspecified atom stereocenters. The van der Waals surface area contributed by atoms with Gasteiger partial charge < -0.3 is 15.5 Å². The van der Waals surface area contributed by atoms with Crippen molar-refractivity contribution in [1.29, 1.82) is 0 Å². The molecule has 2 rings (SSSR count). The molecular weight excluding hydrogens is 237 g/mol. The highest BCUT2D eigenvalue weighted by Gasteiger charge is 2.32. The van der Waals surface area contributed by atoms with Crippen LogP contribution in [-0.2, 0) is 17.4 Å². The maximum absolute atomic E-state index is 10.9. The van der Waals surface area contributed by atoms with Crippen molar-refractivity contribution >= 4 is 7.60 Å². The zero-order valence-corrected chi connectivity index (χ0v) is 10.6. The second-order valence-electron chi connectivity index (χ2n) is 4.95. The molecule has 0 spiro atoms. The Morgan fingerprint density at radius 3 is 2.59 bits per heavy atom. The lowest BCUT2D eigenvalue weighted by Crippen LogP contribution is -2.45. The van der Waals surface area contributed by atoms with Crippen LogP contribution >= 0.6 is 7.60 Å². The summed E-state index contributed by atoms with van der Waals surface area (Å²) in [4.78, 5) is 17.8. The molecule has 5 heteroatoms. The molecule has 1 aliphatic carbocycles. The Balaban J connectivity index is 2.08. The molecule has 0 aliphatic heterocycles. The van der Waals surface area contributed by atoms with Gasteiger partial charge in [-0.1, -0.05) is 24.3 Å². The SMILES string of the molecule is NC1(CCP(=O)(O)O)CCc2ccccc2C1. The molecule has 0 bridgehead atoms. The van der Waals surface area contributed by atoms with Crippen molar-refractivity contribution in [3.63, 3.8) is 0 Å². The van der Waals surface area contributed by atoms with Crippen LogP contribution in [0.3, 0.4) is 0 Å². The molecule has 1 atom stereocenters. The van der Waals surface area contributed by atoms with Gasteiger partial charge in [-0.3, -0.25) is 4.57 Å². The molecule has 1 aromatic rings. The van der Waals surface area contributed by atoms with E-state index in [2.05, 4.69) is 6.07 Å². The van der Waals surface area contributed by atoms with Gasteiger partial charge in [-0.15, -0.1) is 0 Å². The molecule has 0 radical (unpaired) electrons. The highest BCUT2D eigenvalue weighted by atomic mass is 31.2. The monoisotopic (exact) mass is 255 g/mol. The van der Waals surface area contributed by atoms with E-state index in [-0.39, 0.29) is 6.16 Å². The summed E-state index contributed by atoms with van der Waals surface area (Å²) in [5.74, 6) is 0. The van der Waals surface area contributed by atoms with Gasteiger partial charge in [0.25, 0.3) is 0 Å². The Kier molecular flexibility index (Phi) is 3.41. The molecule has 0 saturated heterocycles. The van der Waals surface area contributed by atoms with Gasteiger partial charge >= 0.3 is 7.60 Å². The summed E-state index contributed by atoms with van der Waals surface area (Å²) in [7, 11) is -3.94. The van der Waals surface area contributed by atoms with Crippen molar-refractivity contribution in [2.24, 2.45) is 5.73 Å². The first-order valence-electron chi connectivity index (χ1n) is 5.78. The number of benzene rings is 1. The van der Waals surface area contributed by atoms with Gasteiger partial charge in [0, 0.05) is 5.54 Å². The lowest BCUT2D eigenvalue weighted by Gasteiger charge is -2.35. The molecule has 4 N–H and O–H groups in total. The van der Waals surface area contributed by atoms with Crippen LogP contribution < -0.4 is 5.73 Å². The topological polar surface area (TPSA) is 83.6 Å². The van der Waals surface area contributed by atoms with Gasteiger partial charge in [-0.05, 0) is 36.8 Å².